The number of nitrogens with zero attached hydrogens (tertiary/aromatic N) is 2. The van der Waals surface area contributed by atoms with Crippen LogP contribution in [0.1, 0.15) is 49.7 Å². The summed E-state index contributed by atoms with van der Waals surface area (Å²) in [5, 5.41) is 3.27. The van der Waals surface area contributed by atoms with E-state index in [0.29, 0.717) is 12.5 Å². The molecule has 2 fully saturated rings. The van der Waals surface area contributed by atoms with Gasteiger partial charge in [0.1, 0.15) is 11.5 Å². The van der Waals surface area contributed by atoms with Gasteiger partial charge in [0, 0.05) is 6.54 Å². The zero-order chi connectivity index (χ0) is 15.4. The van der Waals surface area contributed by atoms with E-state index in [1.807, 2.05) is 13.0 Å². The SMILES string of the molecule is Cc1ccc(C(CN=C(N)NCC2CCC2)N2CCCC2)o1. The lowest BCUT2D eigenvalue weighted by Crippen LogP contribution is -2.38. The van der Waals surface area contributed by atoms with Gasteiger partial charge in [-0.2, -0.15) is 0 Å². The van der Waals surface area contributed by atoms with Crippen LogP contribution >= 0.6 is 0 Å². The molecule has 1 atom stereocenters. The van der Waals surface area contributed by atoms with Crippen molar-refractivity contribution in [3.63, 3.8) is 0 Å². The van der Waals surface area contributed by atoms with E-state index in [1.165, 1.54) is 32.1 Å². The molecule has 122 valence electrons. The highest BCUT2D eigenvalue weighted by atomic mass is 16.3. The van der Waals surface area contributed by atoms with E-state index in [2.05, 4.69) is 21.3 Å². The lowest BCUT2D eigenvalue weighted by atomic mass is 9.85. The molecule has 0 bridgehead atoms. The number of hydrogen-bond acceptors (Lipinski definition) is 3. The van der Waals surface area contributed by atoms with Crippen LogP contribution in [0.4, 0.5) is 0 Å². The maximum atomic E-state index is 6.02. The maximum absolute atomic E-state index is 6.02. The van der Waals surface area contributed by atoms with Crippen LogP contribution in [0.2, 0.25) is 0 Å². The summed E-state index contributed by atoms with van der Waals surface area (Å²) < 4.78 is 5.84. The van der Waals surface area contributed by atoms with E-state index < -0.39 is 0 Å². The summed E-state index contributed by atoms with van der Waals surface area (Å²) in [5.74, 6) is 3.32. The Kier molecular flexibility index (Phi) is 5.03. The molecule has 5 nitrogen and oxygen atoms in total. The summed E-state index contributed by atoms with van der Waals surface area (Å²) in [4.78, 5) is 7.03. The molecule has 3 rings (SSSR count). The lowest BCUT2D eigenvalue weighted by Gasteiger charge is -2.26. The van der Waals surface area contributed by atoms with Crippen LogP contribution in [0.5, 0.6) is 0 Å². The van der Waals surface area contributed by atoms with Gasteiger partial charge in [0.25, 0.3) is 0 Å². The predicted octanol–water partition coefficient (Wildman–Crippen LogP) is 2.43. The van der Waals surface area contributed by atoms with E-state index in [-0.39, 0.29) is 6.04 Å². The summed E-state index contributed by atoms with van der Waals surface area (Å²) in [7, 11) is 0. The van der Waals surface area contributed by atoms with Crippen molar-refractivity contribution in [2.24, 2.45) is 16.6 Å². The van der Waals surface area contributed by atoms with Crippen molar-refractivity contribution in [3.05, 3.63) is 23.7 Å². The molecule has 1 aliphatic carbocycles. The number of hydrogen-bond donors (Lipinski definition) is 2. The molecule has 0 radical (unpaired) electrons. The van der Waals surface area contributed by atoms with Crippen LogP contribution in [0.3, 0.4) is 0 Å². The average Bonchev–Trinajstić information content (AvgIpc) is 3.09. The number of likely N-dealkylation sites (tertiary alicyclic amines) is 1. The van der Waals surface area contributed by atoms with Gasteiger partial charge in [-0.3, -0.25) is 9.89 Å². The minimum Gasteiger partial charge on any atom is -0.465 e. The maximum Gasteiger partial charge on any atom is 0.188 e. The van der Waals surface area contributed by atoms with Crippen molar-refractivity contribution in [3.8, 4) is 0 Å². The summed E-state index contributed by atoms with van der Waals surface area (Å²) in [6.45, 7) is 5.85. The van der Waals surface area contributed by atoms with Crippen molar-refractivity contribution in [2.75, 3.05) is 26.2 Å². The zero-order valence-electron chi connectivity index (χ0n) is 13.6. The number of aryl methyl sites for hydroxylation is 1. The number of guanidine groups is 1. The molecule has 22 heavy (non-hydrogen) atoms. The van der Waals surface area contributed by atoms with Crippen molar-refractivity contribution in [1.82, 2.24) is 10.2 Å². The number of aliphatic imine (C=N–C) groups is 1. The predicted molar refractivity (Wildman–Crippen MR) is 88.8 cm³/mol. The summed E-state index contributed by atoms with van der Waals surface area (Å²) >= 11 is 0. The Labute approximate surface area is 133 Å². The molecule has 0 spiro atoms. The van der Waals surface area contributed by atoms with Crippen molar-refractivity contribution < 1.29 is 4.42 Å². The van der Waals surface area contributed by atoms with E-state index in [0.717, 1.165) is 37.1 Å². The monoisotopic (exact) mass is 304 g/mol. The highest BCUT2D eigenvalue weighted by molar-refractivity contribution is 5.77. The molecule has 2 heterocycles. The fraction of sp³-hybridized carbons (Fsp3) is 0.706. The normalized spacial score (nSPS) is 21.8. The molecular weight excluding hydrogens is 276 g/mol. The molecule has 1 unspecified atom stereocenters. The minimum absolute atomic E-state index is 0.209. The Morgan fingerprint density at radius 1 is 1.36 bits per heavy atom. The molecule has 5 heteroatoms. The molecule has 1 saturated heterocycles. The first-order chi connectivity index (χ1) is 10.7. The molecule has 0 amide bonds. The van der Waals surface area contributed by atoms with E-state index >= 15 is 0 Å². The van der Waals surface area contributed by atoms with Crippen LogP contribution in [0.15, 0.2) is 21.5 Å². The molecule has 1 aromatic rings. The van der Waals surface area contributed by atoms with Crippen molar-refractivity contribution in [2.45, 2.75) is 45.1 Å². The molecule has 2 aliphatic rings. The highest BCUT2D eigenvalue weighted by Gasteiger charge is 2.25. The number of nitrogens with two attached hydrogens (primary N) is 1. The van der Waals surface area contributed by atoms with Gasteiger partial charge in [-0.05, 0) is 63.7 Å². The third-order valence-corrected chi connectivity index (χ3v) is 4.90. The fourth-order valence-electron chi connectivity index (χ4n) is 3.26. The van der Waals surface area contributed by atoms with E-state index in [9.17, 15) is 0 Å². The van der Waals surface area contributed by atoms with Gasteiger partial charge >= 0.3 is 0 Å². The first kappa shape index (κ1) is 15.4. The Balaban J connectivity index is 1.58. The third kappa shape index (κ3) is 3.83. The van der Waals surface area contributed by atoms with Crippen LogP contribution in [-0.2, 0) is 0 Å². The Morgan fingerprint density at radius 3 is 2.73 bits per heavy atom. The van der Waals surface area contributed by atoms with Gasteiger partial charge in [0.05, 0.1) is 12.6 Å². The molecule has 1 saturated carbocycles. The van der Waals surface area contributed by atoms with Crippen LogP contribution in [0, 0.1) is 12.8 Å². The summed E-state index contributed by atoms with van der Waals surface area (Å²) in [6, 6.07) is 4.31. The summed E-state index contributed by atoms with van der Waals surface area (Å²) in [5.41, 5.74) is 6.02. The second kappa shape index (κ2) is 7.18. The van der Waals surface area contributed by atoms with Crippen LogP contribution in [-0.4, -0.2) is 37.0 Å². The largest absolute Gasteiger partial charge is 0.465 e. The number of furan rings is 1. The van der Waals surface area contributed by atoms with E-state index in [4.69, 9.17) is 10.2 Å². The zero-order valence-corrected chi connectivity index (χ0v) is 13.6. The van der Waals surface area contributed by atoms with Crippen molar-refractivity contribution in [1.29, 1.82) is 0 Å². The van der Waals surface area contributed by atoms with Gasteiger partial charge in [0.15, 0.2) is 5.96 Å². The molecular formula is C17H28N4O. The summed E-state index contributed by atoms with van der Waals surface area (Å²) in [6.07, 6.45) is 6.52. The first-order valence-electron chi connectivity index (χ1n) is 8.56. The van der Waals surface area contributed by atoms with Gasteiger partial charge in [-0.25, -0.2) is 0 Å². The van der Waals surface area contributed by atoms with Gasteiger partial charge < -0.3 is 15.5 Å². The van der Waals surface area contributed by atoms with Gasteiger partial charge in [-0.15, -0.1) is 0 Å². The number of nitrogens with one attached hydrogen (secondary N) is 1. The first-order valence-corrected chi connectivity index (χ1v) is 8.56. The molecule has 3 N–H and O–H groups in total. The standard InChI is InChI=1S/C17H28N4O/c1-13-7-8-16(22-13)15(21-9-2-3-10-21)12-20-17(18)19-11-14-5-4-6-14/h7-8,14-15H,2-6,9-12H2,1H3,(H3,18,19,20). The van der Waals surface area contributed by atoms with E-state index in [1.54, 1.807) is 0 Å². The molecule has 0 aromatic carbocycles. The third-order valence-electron chi connectivity index (χ3n) is 4.90. The second-order valence-corrected chi connectivity index (χ2v) is 6.61. The van der Waals surface area contributed by atoms with Crippen molar-refractivity contribution >= 4 is 5.96 Å². The van der Waals surface area contributed by atoms with Gasteiger partial charge in [0.2, 0.25) is 0 Å². The minimum atomic E-state index is 0.209. The quantitative estimate of drug-likeness (QED) is 0.626. The van der Waals surface area contributed by atoms with Crippen LogP contribution < -0.4 is 11.1 Å². The van der Waals surface area contributed by atoms with Gasteiger partial charge in [-0.1, -0.05) is 6.42 Å². The topological polar surface area (TPSA) is 66.8 Å². The molecule has 1 aromatic heterocycles. The second-order valence-electron chi connectivity index (χ2n) is 6.61. The lowest BCUT2D eigenvalue weighted by molar-refractivity contribution is 0.219. The number of rotatable bonds is 6. The Bertz CT molecular complexity index is 501. The smallest absolute Gasteiger partial charge is 0.188 e. The Morgan fingerprint density at radius 2 is 2.14 bits per heavy atom. The molecule has 1 aliphatic heterocycles. The fourth-order valence-corrected chi connectivity index (χ4v) is 3.26. The highest BCUT2D eigenvalue weighted by Crippen LogP contribution is 2.27. The van der Waals surface area contributed by atoms with Crippen LogP contribution in [0.25, 0.3) is 0 Å². The average molecular weight is 304 g/mol. The Hall–Kier alpha value is -1.49.